The number of aliphatic hydroxyl groups is 1. The van der Waals surface area contributed by atoms with Gasteiger partial charge in [0.1, 0.15) is 11.5 Å². The number of carbonyl (C=O) groups is 1. The van der Waals surface area contributed by atoms with E-state index < -0.39 is 6.29 Å². The number of ether oxygens (including phenoxy) is 3. The Kier molecular flexibility index (Phi) is 10.8. The number of anilines is 2. The van der Waals surface area contributed by atoms with E-state index in [1.165, 1.54) is 5.56 Å². The Morgan fingerprint density at radius 1 is 0.708 bits per heavy atom. The van der Waals surface area contributed by atoms with Crippen molar-refractivity contribution in [1.29, 1.82) is 0 Å². The van der Waals surface area contributed by atoms with Crippen molar-refractivity contribution in [3.63, 3.8) is 0 Å². The van der Waals surface area contributed by atoms with Gasteiger partial charge in [0.05, 0.1) is 18.8 Å². The molecule has 3 N–H and O–H groups in total. The van der Waals surface area contributed by atoms with Crippen molar-refractivity contribution in [2.45, 2.75) is 38.6 Å². The van der Waals surface area contributed by atoms with E-state index in [0.717, 1.165) is 35.5 Å². The summed E-state index contributed by atoms with van der Waals surface area (Å²) in [4.78, 5) is 15.1. The largest absolute Gasteiger partial charge is 0.457 e. The van der Waals surface area contributed by atoms with Crippen molar-refractivity contribution in [2.24, 2.45) is 5.92 Å². The van der Waals surface area contributed by atoms with E-state index in [2.05, 4.69) is 53.8 Å². The molecule has 0 aromatic heterocycles. The van der Waals surface area contributed by atoms with Gasteiger partial charge in [-0.1, -0.05) is 91.9 Å². The lowest BCUT2D eigenvalue weighted by molar-refractivity contribution is -0.276. The predicted molar refractivity (Wildman–Crippen MR) is 188 cm³/mol. The standard InChI is InChI=1S/C40H41N3O5/c1-28-37(26-43(2)25-29-9-5-3-6-10-29)47-39(48-38(28)31-15-13-30(27-44)14-16-31)32-17-19-33(20-18-32)41-40(45)42-34-21-23-36(24-22-34)46-35-11-7-4-8-12-35/h3-24,28,37-39,44H,25-27H2,1-2H3,(H2,41,42,45)/t28-,37+,38+,39+/m0/s1. The summed E-state index contributed by atoms with van der Waals surface area (Å²) in [6, 6.07) is 42.2. The van der Waals surface area contributed by atoms with Crippen LogP contribution in [0.3, 0.4) is 0 Å². The highest BCUT2D eigenvalue weighted by Gasteiger charge is 2.38. The van der Waals surface area contributed by atoms with Crippen LogP contribution in [-0.4, -0.2) is 35.7 Å². The highest BCUT2D eigenvalue weighted by Crippen LogP contribution is 2.42. The van der Waals surface area contributed by atoms with Crippen LogP contribution in [0.1, 0.15) is 41.6 Å². The monoisotopic (exact) mass is 643 g/mol. The Labute approximate surface area is 281 Å². The molecule has 4 atom stereocenters. The number of carbonyl (C=O) groups excluding carboxylic acids is 1. The van der Waals surface area contributed by atoms with Crippen LogP contribution in [0.5, 0.6) is 11.5 Å². The molecule has 8 heteroatoms. The fourth-order valence-electron chi connectivity index (χ4n) is 5.84. The van der Waals surface area contributed by atoms with Crippen LogP contribution >= 0.6 is 0 Å². The summed E-state index contributed by atoms with van der Waals surface area (Å²) < 4.78 is 19.1. The summed E-state index contributed by atoms with van der Waals surface area (Å²) in [7, 11) is 2.11. The van der Waals surface area contributed by atoms with Gasteiger partial charge in [-0.3, -0.25) is 4.90 Å². The first-order chi connectivity index (χ1) is 23.4. The number of likely N-dealkylation sites (N-methyl/N-ethyl adjacent to an activating group) is 1. The number of hydrogen-bond donors (Lipinski definition) is 3. The number of para-hydroxylation sites is 1. The van der Waals surface area contributed by atoms with Gasteiger partial charge < -0.3 is 30.0 Å². The van der Waals surface area contributed by atoms with Gasteiger partial charge in [-0.2, -0.15) is 0 Å². The topological polar surface area (TPSA) is 92.3 Å². The average Bonchev–Trinajstić information content (AvgIpc) is 3.11. The average molecular weight is 644 g/mol. The molecule has 6 rings (SSSR count). The third-order valence-corrected chi connectivity index (χ3v) is 8.44. The number of amides is 2. The number of hydrogen-bond acceptors (Lipinski definition) is 6. The fraction of sp³-hybridized carbons (Fsp3) is 0.225. The lowest BCUT2D eigenvalue weighted by Gasteiger charge is -2.42. The number of urea groups is 1. The maximum atomic E-state index is 12.8. The molecule has 5 aromatic rings. The lowest BCUT2D eigenvalue weighted by atomic mass is 9.90. The molecule has 1 saturated heterocycles. The van der Waals surface area contributed by atoms with Crippen LogP contribution < -0.4 is 15.4 Å². The maximum absolute atomic E-state index is 12.8. The van der Waals surface area contributed by atoms with Gasteiger partial charge in [0.25, 0.3) is 0 Å². The van der Waals surface area contributed by atoms with E-state index in [1.54, 1.807) is 12.1 Å². The van der Waals surface area contributed by atoms with Crippen molar-refractivity contribution >= 4 is 17.4 Å². The molecule has 0 bridgehead atoms. The normalized spacial score (nSPS) is 19.1. The molecule has 1 aliphatic heterocycles. The minimum absolute atomic E-state index is 0.00555. The number of benzene rings is 5. The van der Waals surface area contributed by atoms with Crippen LogP contribution in [0.15, 0.2) is 133 Å². The van der Waals surface area contributed by atoms with E-state index in [-0.39, 0.29) is 30.8 Å². The van der Waals surface area contributed by atoms with Crippen molar-refractivity contribution in [1.82, 2.24) is 4.90 Å². The first-order valence-corrected chi connectivity index (χ1v) is 16.2. The van der Waals surface area contributed by atoms with E-state index in [4.69, 9.17) is 14.2 Å². The molecular weight excluding hydrogens is 602 g/mol. The second-order valence-corrected chi connectivity index (χ2v) is 12.1. The Bertz CT molecular complexity index is 1730. The van der Waals surface area contributed by atoms with Gasteiger partial charge in [0, 0.05) is 35.9 Å². The lowest BCUT2D eigenvalue weighted by Crippen LogP contribution is -2.43. The molecule has 1 heterocycles. The van der Waals surface area contributed by atoms with Gasteiger partial charge in [-0.25, -0.2) is 4.79 Å². The smallest absolute Gasteiger partial charge is 0.323 e. The summed E-state index contributed by atoms with van der Waals surface area (Å²) >= 11 is 0. The SMILES string of the molecule is C[C@H]1[C@@H](CN(C)Cc2ccccc2)O[C@@H](c2ccc(NC(=O)Nc3ccc(Oc4ccccc4)cc3)cc2)O[C@H]1c1ccc(CO)cc1. The number of nitrogens with one attached hydrogen (secondary N) is 2. The minimum Gasteiger partial charge on any atom is -0.457 e. The molecular formula is C40H41N3O5. The predicted octanol–water partition coefficient (Wildman–Crippen LogP) is 8.54. The van der Waals surface area contributed by atoms with E-state index in [0.29, 0.717) is 17.1 Å². The summed E-state index contributed by atoms with van der Waals surface area (Å²) in [6.07, 6.45) is -0.911. The van der Waals surface area contributed by atoms with Gasteiger partial charge >= 0.3 is 6.03 Å². The second-order valence-electron chi connectivity index (χ2n) is 12.1. The molecule has 0 radical (unpaired) electrons. The second kappa shape index (κ2) is 15.7. The molecule has 2 amide bonds. The maximum Gasteiger partial charge on any atom is 0.323 e. The van der Waals surface area contributed by atoms with Crippen LogP contribution in [0.25, 0.3) is 0 Å². The molecule has 0 unspecified atom stereocenters. The van der Waals surface area contributed by atoms with E-state index in [1.807, 2.05) is 97.1 Å². The Morgan fingerprint density at radius 3 is 1.90 bits per heavy atom. The molecule has 8 nitrogen and oxygen atoms in total. The highest BCUT2D eigenvalue weighted by atomic mass is 16.7. The summed E-state index contributed by atoms with van der Waals surface area (Å²) in [5.74, 6) is 1.50. The highest BCUT2D eigenvalue weighted by molar-refractivity contribution is 5.99. The van der Waals surface area contributed by atoms with Gasteiger partial charge in [0.15, 0.2) is 6.29 Å². The van der Waals surface area contributed by atoms with Crippen molar-refractivity contribution in [3.8, 4) is 11.5 Å². The molecule has 1 fully saturated rings. The van der Waals surface area contributed by atoms with E-state index >= 15 is 0 Å². The molecule has 0 aliphatic carbocycles. The van der Waals surface area contributed by atoms with Gasteiger partial charge in [-0.15, -0.1) is 0 Å². The molecule has 246 valence electrons. The first kappa shape index (κ1) is 32.9. The van der Waals surface area contributed by atoms with Gasteiger partial charge in [0.2, 0.25) is 0 Å². The number of aliphatic hydroxyl groups excluding tert-OH is 1. The molecule has 48 heavy (non-hydrogen) atoms. The number of rotatable bonds is 11. The van der Waals surface area contributed by atoms with Crippen molar-refractivity contribution in [3.05, 3.63) is 156 Å². The third-order valence-electron chi connectivity index (χ3n) is 8.44. The van der Waals surface area contributed by atoms with Crippen LogP contribution in [0.4, 0.5) is 16.2 Å². The van der Waals surface area contributed by atoms with Crippen molar-refractivity contribution in [2.75, 3.05) is 24.2 Å². The van der Waals surface area contributed by atoms with Crippen LogP contribution in [0, 0.1) is 5.92 Å². The molecule has 5 aromatic carbocycles. The molecule has 1 aliphatic rings. The van der Waals surface area contributed by atoms with E-state index in [9.17, 15) is 9.90 Å². The van der Waals surface area contributed by atoms with Crippen molar-refractivity contribution < 1.29 is 24.1 Å². The zero-order chi connectivity index (χ0) is 33.3. The summed E-state index contributed by atoms with van der Waals surface area (Å²) in [6.45, 7) is 3.69. The summed E-state index contributed by atoms with van der Waals surface area (Å²) in [5, 5.41) is 15.3. The fourth-order valence-corrected chi connectivity index (χ4v) is 5.84. The van der Waals surface area contributed by atoms with Crippen LogP contribution in [-0.2, 0) is 22.6 Å². The summed E-state index contributed by atoms with van der Waals surface area (Å²) in [5.41, 5.74) is 5.28. The zero-order valence-electron chi connectivity index (χ0n) is 27.2. The van der Waals surface area contributed by atoms with Crippen LogP contribution in [0.2, 0.25) is 0 Å². The first-order valence-electron chi connectivity index (χ1n) is 16.2. The molecule has 0 spiro atoms. The molecule has 0 saturated carbocycles. The quantitative estimate of drug-likeness (QED) is 0.134. The Hall–Kier alpha value is -4.99. The number of nitrogens with zero attached hydrogens (tertiary/aromatic N) is 1. The minimum atomic E-state index is -0.599. The third kappa shape index (κ3) is 8.67. The Balaban J connectivity index is 1.10. The zero-order valence-corrected chi connectivity index (χ0v) is 27.2. The van der Waals surface area contributed by atoms with Gasteiger partial charge in [-0.05, 0) is 72.3 Å². The Morgan fingerprint density at radius 2 is 1.27 bits per heavy atom.